The molecule has 0 saturated carbocycles. The third kappa shape index (κ3) is 4.78. The number of amides is 1. The van der Waals surface area contributed by atoms with Crippen molar-refractivity contribution in [3.05, 3.63) is 53.6 Å². The summed E-state index contributed by atoms with van der Waals surface area (Å²) >= 11 is 0. The second kappa shape index (κ2) is 8.26. The number of hydrogen-bond donors (Lipinski definition) is 2. The molecule has 0 bridgehead atoms. The van der Waals surface area contributed by atoms with Gasteiger partial charge in [0, 0.05) is 12.0 Å². The second-order valence-corrected chi connectivity index (χ2v) is 8.73. The minimum absolute atomic E-state index is 0.104. The zero-order valence-electron chi connectivity index (χ0n) is 17.0. The molecule has 0 radical (unpaired) electrons. The number of likely N-dealkylation sites (tertiary alicyclic amines) is 1. The number of carbonyl (C=O) groups is 1. The first kappa shape index (κ1) is 19.6. The van der Waals surface area contributed by atoms with Gasteiger partial charge in [-0.25, -0.2) is 4.98 Å². The van der Waals surface area contributed by atoms with Crippen LogP contribution in [0.1, 0.15) is 68.3 Å². The van der Waals surface area contributed by atoms with E-state index in [9.17, 15) is 4.79 Å². The summed E-state index contributed by atoms with van der Waals surface area (Å²) < 4.78 is 0. The first-order chi connectivity index (χ1) is 12.9. The van der Waals surface area contributed by atoms with E-state index in [0.717, 1.165) is 24.7 Å². The van der Waals surface area contributed by atoms with Crippen molar-refractivity contribution in [2.75, 3.05) is 19.6 Å². The Morgan fingerprint density at radius 1 is 1.26 bits per heavy atom. The predicted molar refractivity (Wildman–Crippen MR) is 109 cm³/mol. The number of benzene rings is 1. The minimum atomic E-state index is -0.148. The average molecular weight is 369 g/mol. The maximum atomic E-state index is 12.8. The number of nitrogens with one attached hydrogen (secondary N) is 2. The van der Waals surface area contributed by atoms with Crippen molar-refractivity contribution in [3.8, 4) is 0 Å². The van der Waals surface area contributed by atoms with Gasteiger partial charge in [-0.3, -0.25) is 9.69 Å². The molecule has 2 N–H and O–H groups in total. The van der Waals surface area contributed by atoms with E-state index in [1.54, 1.807) is 6.33 Å². The van der Waals surface area contributed by atoms with Crippen molar-refractivity contribution in [2.45, 2.75) is 52.0 Å². The Kier molecular flexibility index (Phi) is 6.00. The molecule has 3 rings (SSSR count). The molecule has 1 unspecified atom stereocenters. The number of H-pyrrole nitrogens is 1. The lowest BCUT2D eigenvalue weighted by atomic mass is 9.90. The van der Waals surface area contributed by atoms with E-state index in [4.69, 9.17) is 0 Å². The maximum Gasteiger partial charge on any atom is 0.271 e. The molecule has 0 aliphatic carbocycles. The zero-order valence-corrected chi connectivity index (χ0v) is 17.0. The van der Waals surface area contributed by atoms with Gasteiger partial charge in [0.1, 0.15) is 5.69 Å². The highest BCUT2D eigenvalue weighted by Gasteiger charge is 2.27. The van der Waals surface area contributed by atoms with Gasteiger partial charge >= 0.3 is 0 Å². The number of aromatic nitrogens is 2. The number of aromatic amines is 1. The van der Waals surface area contributed by atoms with Crippen molar-refractivity contribution in [2.24, 2.45) is 5.92 Å². The Morgan fingerprint density at radius 2 is 1.93 bits per heavy atom. The first-order valence-electron chi connectivity index (χ1n) is 9.97. The number of carbonyl (C=O) groups excluding carboxylic acids is 1. The third-order valence-corrected chi connectivity index (χ3v) is 5.50. The fourth-order valence-electron chi connectivity index (χ4n) is 3.78. The minimum Gasteiger partial charge on any atom is -0.349 e. The highest BCUT2D eigenvalue weighted by atomic mass is 16.1. The van der Waals surface area contributed by atoms with Crippen LogP contribution in [0.15, 0.2) is 36.7 Å². The number of rotatable bonds is 5. The smallest absolute Gasteiger partial charge is 0.271 e. The molecule has 5 nitrogen and oxygen atoms in total. The second-order valence-electron chi connectivity index (χ2n) is 8.73. The van der Waals surface area contributed by atoms with Gasteiger partial charge in [-0.15, -0.1) is 0 Å². The summed E-state index contributed by atoms with van der Waals surface area (Å²) in [6, 6.07) is 10.7. The SMILES string of the molecule is CC1CCN(C(CNC(=O)c2nc[nH]c2C(C)(C)C)c2ccccc2)CC1. The molecule has 1 amide bonds. The van der Waals surface area contributed by atoms with Crippen LogP contribution < -0.4 is 5.32 Å². The molecule has 1 fully saturated rings. The summed E-state index contributed by atoms with van der Waals surface area (Å²) in [4.78, 5) is 22.7. The average Bonchev–Trinajstić information content (AvgIpc) is 3.14. The highest BCUT2D eigenvalue weighted by molar-refractivity contribution is 5.93. The van der Waals surface area contributed by atoms with Crippen molar-refractivity contribution >= 4 is 5.91 Å². The molecule has 1 aromatic carbocycles. The number of hydrogen-bond acceptors (Lipinski definition) is 3. The van der Waals surface area contributed by atoms with Crippen LogP contribution in [0.5, 0.6) is 0 Å². The number of piperidine rings is 1. The van der Waals surface area contributed by atoms with Gasteiger partial charge in [0.05, 0.1) is 18.1 Å². The molecule has 1 aromatic heterocycles. The van der Waals surface area contributed by atoms with Crippen LogP contribution in [-0.2, 0) is 5.41 Å². The van der Waals surface area contributed by atoms with Crippen LogP contribution in [0.3, 0.4) is 0 Å². The van der Waals surface area contributed by atoms with Crippen molar-refractivity contribution < 1.29 is 4.79 Å². The predicted octanol–water partition coefficient (Wildman–Crippen LogP) is 3.91. The van der Waals surface area contributed by atoms with E-state index in [2.05, 4.69) is 72.1 Å². The zero-order chi connectivity index (χ0) is 19.4. The van der Waals surface area contributed by atoms with Crippen LogP contribution in [-0.4, -0.2) is 40.4 Å². The topological polar surface area (TPSA) is 61.0 Å². The largest absolute Gasteiger partial charge is 0.349 e. The Hall–Kier alpha value is -2.14. The maximum absolute atomic E-state index is 12.8. The summed E-state index contributed by atoms with van der Waals surface area (Å²) in [5.41, 5.74) is 2.49. The molecule has 1 saturated heterocycles. The van der Waals surface area contributed by atoms with Crippen molar-refractivity contribution in [1.82, 2.24) is 20.2 Å². The molecule has 27 heavy (non-hydrogen) atoms. The Labute approximate surface area is 162 Å². The molecule has 0 spiro atoms. The van der Waals surface area contributed by atoms with Crippen molar-refractivity contribution in [3.63, 3.8) is 0 Å². The molecule has 1 aliphatic heterocycles. The summed E-state index contributed by atoms with van der Waals surface area (Å²) in [5, 5.41) is 3.14. The Balaban J connectivity index is 1.73. The molecule has 2 aromatic rings. The molecule has 146 valence electrons. The van der Waals surface area contributed by atoms with E-state index in [-0.39, 0.29) is 17.4 Å². The van der Waals surface area contributed by atoms with Gasteiger partial charge in [0.15, 0.2) is 0 Å². The Morgan fingerprint density at radius 3 is 2.56 bits per heavy atom. The van der Waals surface area contributed by atoms with Crippen LogP contribution in [0.2, 0.25) is 0 Å². The van der Waals surface area contributed by atoms with Gasteiger partial charge < -0.3 is 10.3 Å². The first-order valence-corrected chi connectivity index (χ1v) is 9.97. The molecule has 1 aliphatic rings. The van der Waals surface area contributed by atoms with E-state index in [1.165, 1.54) is 18.4 Å². The van der Waals surface area contributed by atoms with Gasteiger partial charge in [-0.05, 0) is 37.4 Å². The monoisotopic (exact) mass is 368 g/mol. The molecular formula is C22H32N4O. The lowest BCUT2D eigenvalue weighted by Gasteiger charge is -2.37. The lowest BCUT2D eigenvalue weighted by molar-refractivity contribution is 0.0906. The molecule has 1 atom stereocenters. The van der Waals surface area contributed by atoms with Crippen LogP contribution in [0.4, 0.5) is 0 Å². The number of nitrogens with zero attached hydrogens (tertiary/aromatic N) is 2. The van der Waals surface area contributed by atoms with Crippen LogP contribution in [0.25, 0.3) is 0 Å². The summed E-state index contributed by atoms with van der Waals surface area (Å²) in [7, 11) is 0. The van der Waals surface area contributed by atoms with Crippen molar-refractivity contribution in [1.29, 1.82) is 0 Å². The van der Waals surface area contributed by atoms with Crippen LogP contribution in [0, 0.1) is 5.92 Å². The number of imidazole rings is 1. The van der Waals surface area contributed by atoms with E-state index in [0.29, 0.717) is 12.2 Å². The standard InChI is InChI=1S/C22H32N4O/c1-16-10-12-26(13-11-16)18(17-8-6-5-7-9-17)14-23-21(27)19-20(22(2,3)4)25-15-24-19/h5-9,15-16,18H,10-14H2,1-4H3,(H,23,27)(H,24,25). The van der Waals surface area contributed by atoms with Gasteiger partial charge in [0.2, 0.25) is 0 Å². The lowest BCUT2D eigenvalue weighted by Crippen LogP contribution is -2.42. The molecule has 2 heterocycles. The summed E-state index contributed by atoms with van der Waals surface area (Å²) in [5.74, 6) is 0.679. The van der Waals surface area contributed by atoms with Gasteiger partial charge in [-0.1, -0.05) is 58.0 Å². The van der Waals surface area contributed by atoms with Gasteiger partial charge in [0.25, 0.3) is 5.91 Å². The third-order valence-electron chi connectivity index (χ3n) is 5.50. The Bertz CT molecular complexity index is 739. The quantitative estimate of drug-likeness (QED) is 0.841. The highest BCUT2D eigenvalue weighted by Crippen LogP contribution is 2.27. The van der Waals surface area contributed by atoms with Gasteiger partial charge in [-0.2, -0.15) is 0 Å². The van der Waals surface area contributed by atoms with E-state index >= 15 is 0 Å². The molecule has 5 heteroatoms. The summed E-state index contributed by atoms with van der Waals surface area (Å²) in [6.45, 7) is 11.3. The summed E-state index contributed by atoms with van der Waals surface area (Å²) in [6.07, 6.45) is 4.03. The fraction of sp³-hybridized carbons (Fsp3) is 0.545. The van der Waals surface area contributed by atoms with Crippen LogP contribution >= 0.6 is 0 Å². The fourth-order valence-corrected chi connectivity index (χ4v) is 3.78. The normalized spacial score (nSPS) is 17.6. The molecular weight excluding hydrogens is 336 g/mol. The van der Waals surface area contributed by atoms with E-state index < -0.39 is 0 Å². The van der Waals surface area contributed by atoms with E-state index in [1.807, 2.05) is 6.07 Å².